The van der Waals surface area contributed by atoms with Crippen molar-refractivity contribution in [1.82, 2.24) is 4.98 Å². The molecule has 0 radical (unpaired) electrons. The van der Waals surface area contributed by atoms with Crippen LogP contribution in [0.5, 0.6) is 0 Å². The van der Waals surface area contributed by atoms with Gasteiger partial charge in [0.2, 0.25) is 0 Å². The monoisotopic (exact) mass is 289 g/mol. The lowest BCUT2D eigenvalue weighted by Gasteiger charge is -2.03. The highest BCUT2D eigenvalue weighted by Gasteiger charge is 2.32. The van der Waals surface area contributed by atoms with Gasteiger partial charge in [-0.25, -0.2) is 4.98 Å². The van der Waals surface area contributed by atoms with Gasteiger partial charge in [0.25, 0.3) is 0 Å². The predicted octanol–water partition coefficient (Wildman–Crippen LogP) is 3.07. The first-order valence-corrected chi connectivity index (χ1v) is 7.31. The van der Waals surface area contributed by atoms with Gasteiger partial charge < -0.3 is 9.84 Å². The number of methoxy groups -OCH3 is 1. The lowest BCUT2D eigenvalue weighted by atomic mass is 10.1. The molecule has 1 heterocycles. The van der Waals surface area contributed by atoms with Crippen molar-refractivity contribution in [2.24, 2.45) is 0 Å². The lowest BCUT2D eigenvalue weighted by Crippen LogP contribution is -2.08. The molecule has 4 nitrogen and oxygen atoms in total. The Hall–Kier alpha value is -1.72. The minimum atomic E-state index is -0.768. The van der Waals surface area contributed by atoms with Crippen LogP contribution < -0.4 is 0 Å². The third-order valence-corrected chi connectivity index (χ3v) is 4.71. The van der Waals surface area contributed by atoms with E-state index in [1.807, 2.05) is 24.3 Å². The molecule has 5 heteroatoms. The van der Waals surface area contributed by atoms with Gasteiger partial charge in [-0.15, -0.1) is 11.3 Å². The van der Waals surface area contributed by atoms with Crippen molar-refractivity contribution in [1.29, 1.82) is 0 Å². The van der Waals surface area contributed by atoms with Gasteiger partial charge in [0, 0.05) is 17.6 Å². The van der Waals surface area contributed by atoms with Crippen molar-refractivity contribution < 1.29 is 14.6 Å². The molecule has 1 unspecified atom stereocenters. The second kappa shape index (κ2) is 5.34. The number of thiazole rings is 1. The van der Waals surface area contributed by atoms with Gasteiger partial charge in [0.05, 0.1) is 12.3 Å². The Balaban J connectivity index is 1.89. The number of rotatable bonds is 4. The molecule has 2 aromatic rings. The quantitative estimate of drug-likeness (QED) is 0.939. The Morgan fingerprint density at radius 3 is 2.85 bits per heavy atom. The molecule has 1 aliphatic rings. The molecule has 0 amide bonds. The molecular formula is C15H15NO3S. The van der Waals surface area contributed by atoms with Gasteiger partial charge in [0.1, 0.15) is 10.9 Å². The summed E-state index contributed by atoms with van der Waals surface area (Å²) < 4.78 is 5.09. The molecule has 1 atom stereocenters. The van der Waals surface area contributed by atoms with Gasteiger partial charge in [-0.2, -0.15) is 0 Å². The number of hydrogen-bond acceptors (Lipinski definition) is 4. The van der Waals surface area contributed by atoms with Crippen molar-refractivity contribution in [3.05, 3.63) is 40.4 Å². The Bertz CT molecular complexity index is 633. The van der Waals surface area contributed by atoms with E-state index in [-0.39, 0.29) is 0 Å². The molecule has 1 aromatic heterocycles. The van der Waals surface area contributed by atoms with Gasteiger partial charge in [0.15, 0.2) is 0 Å². The predicted molar refractivity (Wildman–Crippen MR) is 77.0 cm³/mol. The highest BCUT2D eigenvalue weighted by molar-refractivity contribution is 7.15. The average molecular weight is 289 g/mol. The fourth-order valence-corrected chi connectivity index (χ4v) is 3.64. The average Bonchev–Trinajstić information content (AvgIpc) is 2.99. The number of hydrogen-bond donors (Lipinski definition) is 1. The molecule has 0 saturated heterocycles. The standard InChI is InChI=1S/C15H15NO3S/c1-19-8-9-2-4-10(5-3-9)14-16-13-11(15(17)18)6-7-12(13)20-14/h2-5,11H,6-8H2,1H3,(H,17,18). The van der Waals surface area contributed by atoms with E-state index in [9.17, 15) is 9.90 Å². The van der Waals surface area contributed by atoms with Crippen LogP contribution in [-0.2, 0) is 22.6 Å². The molecule has 0 saturated carbocycles. The SMILES string of the molecule is COCc1ccc(-c2nc3c(s2)CCC3C(=O)O)cc1. The number of aliphatic carboxylic acids is 1. The van der Waals surface area contributed by atoms with E-state index < -0.39 is 11.9 Å². The van der Waals surface area contributed by atoms with Crippen LogP contribution >= 0.6 is 11.3 Å². The lowest BCUT2D eigenvalue weighted by molar-refractivity contribution is -0.138. The number of benzene rings is 1. The summed E-state index contributed by atoms with van der Waals surface area (Å²) in [7, 11) is 1.67. The maximum Gasteiger partial charge on any atom is 0.312 e. The van der Waals surface area contributed by atoms with Crippen molar-refractivity contribution in [3.8, 4) is 10.6 Å². The number of carboxylic acids is 1. The van der Waals surface area contributed by atoms with Crippen LogP contribution in [0, 0.1) is 0 Å². The van der Waals surface area contributed by atoms with Gasteiger partial charge in [-0.3, -0.25) is 4.79 Å². The second-order valence-electron chi connectivity index (χ2n) is 4.89. The molecule has 20 heavy (non-hydrogen) atoms. The van der Waals surface area contributed by atoms with Crippen LogP contribution in [0.1, 0.15) is 28.5 Å². The number of nitrogens with zero attached hydrogens (tertiary/aromatic N) is 1. The molecule has 1 N–H and O–H groups in total. The number of aromatic nitrogens is 1. The van der Waals surface area contributed by atoms with E-state index in [0.717, 1.165) is 33.1 Å². The summed E-state index contributed by atoms with van der Waals surface area (Å²) >= 11 is 1.61. The molecule has 104 valence electrons. The molecular weight excluding hydrogens is 274 g/mol. The van der Waals surface area contributed by atoms with Crippen LogP contribution in [0.4, 0.5) is 0 Å². The van der Waals surface area contributed by atoms with E-state index in [4.69, 9.17) is 4.74 Å². The minimum absolute atomic E-state index is 0.428. The maximum absolute atomic E-state index is 11.2. The Morgan fingerprint density at radius 1 is 1.45 bits per heavy atom. The summed E-state index contributed by atoms with van der Waals surface area (Å²) in [4.78, 5) is 16.8. The van der Waals surface area contributed by atoms with Crippen molar-refractivity contribution >= 4 is 17.3 Å². The van der Waals surface area contributed by atoms with Gasteiger partial charge >= 0.3 is 5.97 Å². The number of carboxylic acid groups (broad SMARTS) is 1. The zero-order valence-electron chi connectivity index (χ0n) is 11.1. The third kappa shape index (κ3) is 2.34. The molecule has 1 aromatic carbocycles. The minimum Gasteiger partial charge on any atom is -0.481 e. The number of fused-ring (bicyclic) bond motifs is 1. The molecule has 0 spiro atoms. The summed E-state index contributed by atoms with van der Waals surface area (Å²) in [5.41, 5.74) is 2.91. The first-order chi connectivity index (χ1) is 9.69. The van der Waals surface area contributed by atoms with E-state index in [2.05, 4.69) is 4.98 Å². The molecule has 3 rings (SSSR count). The van der Waals surface area contributed by atoms with Crippen molar-refractivity contribution in [2.75, 3.05) is 7.11 Å². The molecule has 0 bridgehead atoms. The normalized spacial score (nSPS) is 17.1. The Morgan fingerprint density at radius 2 is 2.20 bits per heavy atom. The van der Waals surface area contributed by atoms with Crippen molar-refractivity contribution in [3.63, 3.8) is 0 Å². The summed E-state index contributed by atoms with van der Waals surface area (Å²) in [6.07, 6.45) is 1.50. The molecule has 1 aliphatic carbocycles. The number of ether oxygens (including phenoxy) is 1. The van der Waals surface area contributed by atoms with Crippen LogP contribution in [0.15, 0.2) is 24.3 Å². The zero-order chi connectivity index (χ0) is 14.1. The topological polar surface area (TPSA) is 59.4 Å². The largest absolute Gasteiger partial charge is 0.481 e. The first-order valence-electron chi connectivity index (χ1n) is 6.49. The third-order valence-electron chi connectivity index (χ3n) is 3.53. The molecule has 0 fully saturated rings. The summed E-state index contributed by atoms with van der Waals surface area (Å²) in [6, 6.07) is 8.05. The molecule has 0 aliphatic heterocycles. The van der Waals surface area contributed by atoms with Crippen molar-refractivity contribution in [2.45, 2.75) is 25.4 Å². The second-order valence-corrected chi connectivity index (χ2v) is 5.97. The zero-order valence-corrected chi connectivity index (χ0v) is 11.9. The van der Waals surface area contributed by atoms with Crippen LogP contribution in [-0.4, -0.2) is 23.2 Å². The van der Waals surface area contributed by atoms with Gasteiger partial charge in [-0.1, -0.05) is 24.3 Å². The van der Waals surface area contributed by atoms with E-state index in [1.165, 1.54) is 0 Å². The summed E-state index contributed by atoms with van der Waals surface area (Å²) in [6.45, 7) is 0.593. The van der Waals surface area contributed by atoms with Gasteiger partial charge in [-0.05, 0) is 18.4 Å². The Labute approximate surface area is 121 Å². The summed E-state index contributed by atoms with van der Waals surface area (Å²) in [5, 5.41) is 10.1. The van der Waals surface area contributed by atoms with Crippen LogP contribution in [0.2, 0.25) is 0 Å². The fraction of sp³-hybridized carbons (Fsp3) is 0.333. The summed E-state index contributed by atoms with van der Waals surface area (Å²) in [5.74, 6) is -1.20. The smallest absolute Gasteiger partial charge is 0.312 e. The number of aryl methyl sites for hydroxylation is 1. The highest BCUT2D eigenvalue weighted by atomic mass is 32.1. The van der Waals surface area contributed by atoms with E-state index in [1.54, 1.807) is 18.4 Å². The maximum atomic E-state index is 11.2. The van der Waals surface area contributed by atoms with Crippen LogP contribution in [0.25, 0.3) is 10.6 Å². The Kier molecular flexibility index (Phi) is 3.54. The van der Waals surface area contributed by atoms with Crippen LogP contribution in [0.3, 0.4) is 0 Å². The highest BCUT2D eigenvalue weighted by Crippen LogP contribution is 2.39. The number of carbonyl (C=O) groups is 1. The van der Waals surface area contributed by atoms with E-state index in [0.29, 0.717) is 13.0 Å². The first kappa shape index (κ1) is 13.3. The van der Waals surface area contributed by atoms with E-state index >= 15 is 0 Å². The fourth-order valence-electron chi connectivity index (χ4n) is 2.50.